The number of hydrogen-bond donors (Lipinski definition) is 2. The molecule has 0 saturated heterocycles. The summed E-state index contributed by atoms with van der Waals surface area (Å²) in [6, 6.07) is 0. The summed E-state index contributed by atoms with van der Waals surface area (Å²) in [4.78, 5) is 11.9. The summed E-state index contributed by atoms with van der Waals surface area (Å²) in [6.45, 7) is 5.94. The zero-order chi connectivity index (χ0) is 13.1. The number of aliphatic hydroxyl groups excluding tert-OH is 2. The van der Waals surface area contributed by atoms with Crippen molar-refractivity contribution in [2.24, 2.45) is 11.3 Å². The van der Waals surface area contributed by atoms with Crippen molar-refractivity contribution >= 4 is 5.78 Å². The second-order valence-electron chi connectivity index (χ2n) is 5.42. The van der Waals surface area contributed by atoms with Gasteiger partial charge < -0.3 is 10.2 Å². The number of aliphatic hydroxyl groups is 2. The molecule has 0 spiro atoms. The van der Waals surface area contributed by atoms with E-state index in [2.05, 4.69) is 6.92 Å². The van der Waals surface area contributed by atoms with Gasteiger partial charge in [0.2, 0.25) is 0 Å². The van der Waals surface area contributed by atoms with Crippen LogP contribution in [0, 0.1) is 11.3 Å². The number of ketones is 1. The van der Waals surface area contributed by atoms with Crippen LogP contribution in [-0.2, 0) is 4.79 Å². The summed E-state index contributed by atoms with van der Waals surface area (Å²) >= 11 is 0. The first-order chi connectivity index (χ1) is 7.99. The van der Waals surface area contributed by atoms with Gasteiger partial charge in [0.15, 0.2) is 5.78 Å². The third-order valence-corrected chi connectivity index (χ3v) is 3.95. The average Bonchev–Trinajstić information content (AvgIpc) is 2.66. The lowest BCUT2D eigenvalue weighted by Crippen LogP contribution is -2.26. The Morgan fingerprint density at radius 3 is 2.41 bits per heavy atom. The molecule has 0 aromatic rings. The van der Waals surface area contributed by atoms with Crippen LogP contribution in [0.3, 0.4) is 0 Å². The molecule has 1 saturated carbocycles. The van der Waals surface area contributed by atoms with Crippen LogP contribution < -0.4 is 0 Å². The van der Waals surface area contributed by atoms with Crippen molar-refractivity contribution in [2.75, 3.05) is 13.2 Å². The third-order valence-electron chi connectivity index (χ3n) is 3.95. The monoisotopic (exact) mass is 240 g/mol. The molecule has 1 aliphatic carbocycles. The van der Waals surface area contributed by atoms with E-state index in [0.29, 0.717) is 12.8 Å². The fourth-order valence-corrected chi connectivity index (χ4v) is 2.81. The van der Waals surface area contributed by atoms with Crippen LogP contribution in [0.5, 0.6) is 0 Å². The molecule has 0 radical (unpaired) electrons. The second-order valence-corrected chi connectivity index (χ2v) is 5.42. The van der Waals surface area contributed by atoms with Crippen LogP contribution in [0.15, 0.2) is 11.1 Å². The molecule has 0 aliphatic heterocycles. The molecule has 0 aromatic heterocycles. The number of hydrogen-bond acceptors (Lipinski definition) is 3. The molecule has 1 fully saturated rings. The Balaban J connectivity index is 2.92. The van der Waals surface area contributed by atoms with Crippen LogP contribution in [-0.4, -0.2) is 29.2 Å². The van der Waals surface area contributed by atoms with E-state index in [1.165, 1.54) is 0 Å². The van der Waals surface area contributed by atoms with Gasteiger partial charge >= 0.3 is 0 Å². The highest BCUT2D eigenvalue weighted by Crippen LogP contribution is 2.46. The van der Waals surface area contributed by atoms with Crippen LogP contribution >= 0.6 is 0 Å². The van der Waals surface area contributed by atoms with E-state index in [4.69, 9.17) is 0 Å². The van der Waals surface area contributed by atoms with Gasteiger partial charge in [-0.1, -0.05) is 19.4 Å². The van der Waals surface area contributed by atoms with E-state index in [-0.39, 0.29) is 24.9 Å². The number of carbonyl (C=O) groups excluding carboxylic acids is 1. The van der Waals surface area contributed by atoms with Crippen LogP contribution in [0.2, 0.25) is 0 Å². The molecule has 2 N–H and O–H groups in total. The summed E-state index contributed by atoms with van der Waals surface area (Å²) in [6.07, 6.45) is 2.88. The lowest BCUT2D eigenvalue weighted by molar-refractivity contribution is -0.115. The molecule has 98 valence electrons. The maximum absolute atomic E-state index is 11.9. The van der Waals surface area contributed by atoms with Gasteiger partial charge in [-0.3, -0.25) is 4.79 Å². The van der Waals surface area contributed by atoms with Crippen molar-refractivity contribution in [3.8, 4) is 0 Å². The van der Waals surface area contributed by atoms with Gasteiger partial charge in [0.05, 0.1) is 13.2 Å². The molecule has 1 atom stereocenters. The molecule has 1 rings (SSSR count). The molecule has 0 aromatic carbocycles. The topological polar surface area (TPSA) is 57.5 Å². The van der Waals surface area contributed by atoms with Crippen LogP contribution in [0.25, 0.3) is 0 Å². The largest absolute Gasteiger partial charge is 0.396 e. The van der Waals surface area contributed by atoms with Crippen molar-refractivity contribution < 1.29 is 15.0 Å². The Morgan fingerprint density at radius 2 is 2.00 bits per heavy atom. The maximum Gasteiger partial charge on any atom is 0.158 e. The first-order valence-electron chi connectivity index (χ1n) is 6.44. The quantitative estimate of drug-likeness (QED) is 0.723. The molecular formula is C14H24O3. The molecule has 3 heteroatoms. The molecule has 17 heavy (non-hydrogen) atoms. The lowest BCUT2D eigenvalue weighted by atomic mass is 9.87. The smallest absolute Gasteiger partial charge is 0.158 e. The number of rotatable bonds is 5. The summed E-state index contributed by atoms with van der Waals surface area (Å²) in [7, 11) is 0. The Labute approximate surface area is 104 Å². The predicted molar refractivity (Wildman–Crippen MR) is 67.6 cm³/mol. The summed E-state index contributed by atoms with van der Waals surface area (Å²) in [5.41, 5.74) is 1.57. The summed E-state index contributed by atoms with van der Waals surface area (Å²) < 4.78 is 0. The molecule has 0 amide bonds. The highest BCUT2D eigenvalue weighted by Gasteiger charge is 2.40. The molecule has 0 unspecified atom stereocenters. The van der Waals surface area contributed by atoms with E-state index in [9.17, 15) is 15.0 Å². The van der Waals surface area contributed by atoms with Gasteiger partial charge in [-0.05, 0) is 37.7 Å². The zero-order valence-corrected chi connectivity index (χ0v) is 11.1. The number of carbonyl (C=O) groups is 1. The molecule has 0 bridgehead atoms. The normalized spacial score (nSPS) is 26.1. The Kier molecular flexibility index (Phi) is 4.90. The van der Waals surface area contributed by atoms with Crippen molar-refractivity contribution in [1.29, 1.82) is 0 Å². The van der Waals surface area contributed by atoms with Gasteiger partial charge in [0, 0.05) is 11.8 Å². The van der Waals surface area contributed by atoms with Gasteiger partial charge in [-0.25, -0.2) is 0 Å². The van der Waals surface area contributed by atoms with Crippen LogP contribution in [0.4, 0.5) is 0 Å². The van der Waals surface area contributed by atoms with Gasteiger partial charge in [-0.15, -0.1) is 0 Å². The minimum Gasteiger partial charge on any atom is -0.396 e. The fraction of sp³-hybridized carbons (Fsp3) is 0.786. The fourth-order valence-electron chi connectivity index (χ4n) is 2.81. The first kappa shape index (κ1) is 14.4. The zero-order valence-electron chi connectivity index (χ0n) is 11.1. The van der Waals surface area contributed by atoms with E-state index >= 15 is 0 Å². The minimum atomic E-state index is -0.414. The first-order valence-corrected chi connectivity index (χ1v) is 6.44. The van der Waals surface area contributed by atoms with E-state index in [1.54, 1.807) is 0 Å². The van der Waals surface area contributed by atoms with Crippen molar-refractivity contribution in [2.45, 2.75) is 46.5 Å². The summed E-state index contributed by atoms with van der Waals surface area (Å²) in [5.74, 6) is 0.496. The Hall–Kier alpha value is -0.670. The van der Waals surface area contributed by atoms with Crippen LogP contribution in [0.1, 0.15) is 46.5 Å². The third kappa shape index (κ3) is 2.96. The van der Waals surface area contributed by atoms with Crippen molar-refractivity contribution in [3.63, 3.8) is 0 Å². The Morgan fingerprint density at radius 1 is 1.41 bits per heavy atom. The van der Waals surface area contributed by atoms with E-state index < -0.39 is 5.41 Å². The lowest BCUT2D eigenvalue weighted by Gasteiger charge is -2.23. The highest BCUT2D eigenvalue weighted by atomic mass is 16.3. The highest BCUT2D eigenvalue weighted by molar-refractivity contribution is 5.95. The minimum absolute atomic E-state index is 0.00735. The Bertz CT molecular complexity index is 313. The second kappa shape index (κ2) is 5.78. The van der Waals surface area contributed by atoms with Gasteiger partial charge in [-0.2, -0.15) is 0 Å². The summed E-state index contributed by atoms with van der Waals surface area (Å²) in [5, 5.41) is 18.8. The van der Waals surface area contributed by atoms with Crippen molar-refractivity contribution in [1.82, 2.24) is 0 Å². The molecule has 0 heterocycles. The van der Waals surface area contributed by atoms with Gasteiger partial charge in [0.1, 0.15) is 0 Å². The average molecular weight is 240 g/mol. The van der Waals surface area contributed by atoms with Crippen molar-refractivity contribution in [3.05, 3.63) is 11.1 Å². The molecule has 3 nitrogen and oxygen atoms in total. The maximum atomic E-state index is 11.9. The SMILES string of the molecule is CCCC(=O)/C(C)=C1/CC(CO)(CO)C[C@H]1C. The molecular weight excluding hydrogens is 216 g/mol. The van der Waals surface area contributed by atoms with E-state index in [0.717, 1.165) is 24.0 Å². The van der Waals surface area contributed by atoms with E-state index in [1.807, 2.05) is 13.8 Å². The van der Waals surface area contributed by atoms with Gasteiger partial charge in [0.25, 0.3) is 0 Å². The molecule has 1 aliphatic rings. The number of Topliss-reactive ketones (excluding diaryl/α,β-unsaturated/α-hetero) is 1. The number of allylic oxidation sites excluding steroid dienone is 2. The predicted octanol–water partition coefficient (Wildman–Crippen LogP) is 2.07. The standard InChI is InChI=1S/C14H24O3/c1-4-5-13(17)11(3)12-7-14(8-15,9-16)6-10(12)2/h10,15-16H,4-9H2,1-3H3/b12-11-/t10-/m1/s1.